The topological polar surface area (TPSA) is 38.3 Å². The van der Waals surface area contributed by atoms with Crippen LogP contribution >= 0.6 is 0 Å². The summed E-state index contributed by atoms with van der Waals surface area (Å²) in [6, 6.07) is -0.0402. The maximum atomic E-state index is 11.6. The molecule has 3 unspecified atom stereocenters. The molecule has 2 fully saturated rings. The molecule has 1 saturated heterocycles. The van der Waals surface area contributed by atoms with E-state index in [0.717, 1.165) is 13.0 Å². The van der Waals surface area contributed by atoms with E-state index in [9.17, 15) is 4.79 Å². The predicted molar refractivity (Wildman–Crippen MR) is 53.8 cm³/mol. The summed E-state index contributed by atoms with van der Waals surface area (Å²) in [5, 5.41) is 3.25. The van der Waals surface area contributed by atoms with Gasteiger partial charge in [0.2, 0.25) is 0 Å². The molecule has 3 nitrogen and oxygen atoms in total. The number of hydrogen-bond acceptors (Lipinski definition) is 3. The minimum absolute atomic E-state index is 0.0402. The summed E-state index contributed by atoms with van der Waals surface area (Å²) in [5.41, 5.74) is 0.348. The van der Waals surface area contributed by atoms with Crippen molar-refractivity contribution in [1.29, 1.82) is 0 Å². The van der Waals surface area contributed by atoms with Crippen LogP contribution in [0.3, 0.4) is 0 Å². The van der Waals surface area contributed by atoms with Crippen LogP contribution in [0, 0.1) is 17.3 Å². The number of carbonyl (C=O) groups excluding carboxylic acids is 1. The Balaban J connectivity index is 1.91. The van der Waals surface area contributed by atoms with Gasteiger partial charge in [0, 0.05) is 0 Å². The number of fused-ring (bicyclic) bond motifs is 1. The minimum atomic E-state index is -0.0510. The Labute approximate surface area is 85.2 Å². The molecule has 0 radical (unpaired) electrons. The number of piperidine rings is 1. The lowest BCUT2D eigenvalue weighted by molar-refractivity contribution is -0.146. The van der Waals surface area contributed by atoms with Crippen molar-refractivity contribution in [2.45, 2.75) is 33.2 Å². The Morgan fingerprint density at radius 2 is 2.29 bits per heavy atom. The van der Waals surface area contributed by atoms with E-state index in [1.807, 2.05) is 6.92 Å². The number of hydrogen-bond donors (Lipinski definition) is 1. The lowest BCUT2D eigenvalue weighted by Crippen LogP contribution is -2.38. The van der Waals surface area contributed by atoms with E-state index in [-0.39, 0.29) is 12.0 Å². The van der Waals surface area contributed by atoms with Crippen molar-refractivity contribution in [2.24, 2.45) is 17.3 Å². The molecule has 0 aromatic carbocycles. The monoisotopic (exact) mass is 197 g/mol. The maximum Gasteiger partial charge on any atom is 0.323 e. The summed E-state index contributed by atoms with van der Waals surface area (Å²) < 4.78 is 5.16. The summed E-state index contributed by atoms with van der Waals surface area (Å²) in [6.07, 6.45) is 0.899. The van der Waals surface area contributed by atoms with Gasteiger partial charge in [0.15, 0.2) is 0 Å². The van der Waals surface area contributed by atoms with Gasteiger partial charge in [-0.05, 0) is 30.2 Å². The van der Waals surface area contributed by atoms with Crippen LogP contribution in [0.2, 0.25) is 0 Å². The third-order valence-electron chi connectivity index (χ3n) is 3.76. The molecule has 0 amide bonds. The van der Waals surface area contributed by atoms with E-state index in [1.165, 1.54) is 0 Å². The van der Waals surface area contributed by atoms with E-state index in [2.05, 4.69) is 19.2 Å². The highest BCUT2D eigenvalue weighted by Crippen LogP contribution is 2.62. The summed E-state index contributed by atoms with van der Waals surface area (Å²) in [6.45, 7) is 8.02. The standard InChI is InChI=1S/C11H19NO2/c1-4-5-14-10(13)9-8-7(6-12-9)11(8,2)3/h7-9,12H,4-6H2,1-3H3. The zero-order valence-electron chi connectivity index (χ0n) is 9.17. The van der Waals surface area contributed by atoms with Crippen molar-refractivity contribution in [2.75, 3.05) is 13.2 Å². The SMILES string of the molecule is CCCOC(=O)C1NCC2C1C2(C)C. The van der Waals surface area contributed by atoms with Gasteiger partial charge in [0.05, 0.1) is 6.61 Å². The summed E-state index contributed by atoms with van der Waals surface area (Å²) >= 11 is 0. The largest absolute Gasteiger partial charge is 0.465 e. The van der Waals surface area contributed by atoms with Gasteiger partial charge in [0.25, 0.3) is 0 Å². The van der Waals surface area contributed by atoms with E-state index in [0.29, 0.717) is 23.9 Å². The van der Waals surface area contributed by atoms with Gasteiger partial charge in [0.1, 0.15) is 6.04 Å². The van der Waals surface area contributed by atoms with Gasteiger partial charge >= 0.3 is 5.97 Å². The molecule has 14 heavy (non-hydrogen) atoms. The van der Waals surface area contributed by atoms with Crippen LogP contribution < -0.4 is 5.32 Å². The van der Waals surface area contributed by atoms with E-state index >= 15 is 0 Å². The van der Waals surface area contributed by atoms with Crippen molar-refractivity contribution in [3.63, 3.8) is 0 Å². The molecule has 3 heteroatoms. The molecule has 2 aliphatic rings. The van der Waals surface area contributed by atoms with Crippen LogP contribution in [-0.2, 0) is 9.53 Å². The van der Waals surface area contributed by atoms with Crippen molar-refractivity contribution in [3.8, 4) is 0 Å². The van der Waals surface area contributed by atoms with Gasteiger partial charge in [-0.3, -0.25) is 4.79 Å². The second-order valence-electron chi connectivity index (χ2n) is 5.01. The van der Waals surface area contributed by atoms with E-state index in [1.54, 1.807) is 0 Å². The first-order valence-electron chi connectivity index (χ1n) is 5.49. The minimum Gasteiger partial charge on any atom is -0.465 e. The highest BCUT2D eigenvalue weighted by molar-refractivity contribution is 5.77. The lowest BCUT2D eigenvalue weighted by atomic mass is 10.0. The molecule has 1 aliphatic carbocycles. The molecule has 0 bridgehead atoms. The van der Waals surface area contributed by atoms with Crippen molar-refractivity contribution >= 4 is 5.97 Å². The first kappa shape index (κ1) is 9.97. The third kappa shape index (κ3) is 1.34. The molecular weight excluding hydrogens is 178 g/mol. The number of ether oxygens (including phenoxy) is 1. The van der Waals surface area contributed by atoms with Gasteiger partial charge in [-0.15, -0.1) is 0 Å². The van der Waals surface area contributed by atoms with Gasteiger partial charge < -0.3 is 10.1 Å². The number of esters is 1. The normalized spacial score (nSPS) is 37.8. The number of nitrogens with one attached hydrogen (secondary N) is 1. The lowest BCUT2D eigenvalue weighted by Gasteiger charge is -2.17. The molecule has 1 aliphatic heterocycles. The van der Waals surface area contributed by atoms with E-state index in [4.69, 9.17) is 4.74 Å². The number of carbonyl (C=O) groups is 1. The van der Waals surface area contributed by atoms with Crippen LogP contribution in [-0.4, -0.2) is 25.2 Å². The molecule has 0 aromatic heterocycles. The van der Waals surface area contributed by atoms with Gasteiger partial charge in [-0.1, -0.05) is 20.8 Å². The Hall–Kier alpha value is -0.570. The summed E-state index contributed by atoms with van der Waals surface area (Å²) in [4.78, 5) is 11.6. The fourth-order valence-electron chi connectivity index (χ4n) is 2.74. The molecule has 1 heterocycles. The Morgan fingerprint density at radius 3 is 2.79 bits per heavy atom. The highest BCUT2D eigenvalue weighted by atomic mass is 16.5. The Bertz CT molecular complexity index is 250. The number of rotatable bonds is 3. The van der Waals surface area contributed by atoms with Gasteiger partial charge in [-0.25, -0.2) is 0 Å². The molecule has 2 rings (SSSR count). The molecule has 0 spiro atoms. The summed E-state index contributed by atoms with van der Waals surface area (Å²) in [7, 11) is 0. The van der Waals surface area contributed by atoms with E-state index < -0.39 is 0 Å². The molecule has 1 saturated carbocycles. The third-order valence-corrected chi connectivity index (χ3v) is 3.76. The first-order chi connectivity index (χ1) is 6.59. The average Bonchev–Trinajstić information content (AvgIpc) is 2.55. The first-order valence-corrected chi connectivity index (χ1v) is 5.49. The Morgan fingerprint density at radius 1 is 1.57 bits per heavy atom. The molecule has 0 aromatic rings. The van der Waals surface area contributed by atoms with Crippen LogP contribution in [0.25, 0.3) is 0 Å². The van der Waals surface area contributed by atoms with Gasteiger partial charge in [-0.2, -0.15) is 0 Å². The second kappa shape index (κ2) is 3.23. The second-order valence-corrected chi connectivity index (χ2v) is 5.01. The zero-order valence-corrected chi connectivity index (χ0v) is 9.17. The van der Waals surface area contributed by atoms with Crippen LogP contribution in [0.1, 0.15) is 27.2 Å². The molecule has 80 valence electrons. The quantitative estimate of drug-likeness (QED) is 0.690. The molecule has 1 N–H and O–H groups in total. The molecule has 3 atom stereocenters. The predicted octanol–water partition coefficient (Wildman–Crippen LogP) is 1.18. The average molecular weight is 197 g/mol. The van der Waals surface area contributed by atoms with Crippen molar-refractivity contribution in [3.05, 3.63) is 0 Å². The van der Waals surface area contributed by atoms with Crippen LogP contribution in [0.5, 0.6) is 0 Å². The highest BCUT2D eigenvalue weighted by Gasteiger charge is 2.66. The maximum absolute atomic E-state index is 11.6. The van der Waals surface area contributed by atoms with Crippen LogP contribution in [0.4, 0.5) is 0 Å². The Kier molecular flexibility index (Phi) is 2.30. The van der Waals surface area contributed by atoms with Crippen LogP contribution in [0.15, 0.2) is 0 Å². The fourth-order valence-corrected chi connectivity index (χ4v) is 2.74. The van der Waals surface area contributed by atoms with Crippen molar-refractivity contribution in [1.82, 2.24) is 5.32 Å². The fraction of sp³-hybridized carbons (Fsp3) is 0.909. The molecular formula is C11H19NO2. The summed E-state index contributed by atoms with van der Waals surface area (Å²) in [5.74, 6) is 1.14. The van der Waals surface area contributed by atoms with Crippen molar-refractivity contribution < 1.29 is 9.53 Å². The smallest absolute Gasteiger partial charge is 0.323 e. The zero-order chi connectivity index (χ0) is 10.3.